The van der Waals surface area contributed by atoms with Gasteiger partial charge in [-0.2, -0.15) is 13.2 Å². The largest absolute Gasteiger partial charge is 0.478 e. The molecule has 1 saturated heterocycles. The van der Waals surface area contributed by atoms with Crippen molar-refractivity contribution in [1.29, 1.82) is 0 Å². The minimum absolute atomic E-state index is 0.0448. The van der Waals surface area contributed by atoms with Gasteiger partial charge in [-0.15, -0.1) is 0 Å². The molecule has 1 aromatic carbocycles. The minimum Gasteiger partial charge on any atom is -0.478 e. The van der Waals surface area contributed by atoms with Crippen molar-refractivity contribution < 1.29 is 33.0 Å². The lowest BCUT2D eigenvalue weighted by molar-refractivity contribution is -0.138. The number of likely N-dealkylation sites (tertiary alicyclic amines) is 1. The molecule has 2 N–H and O–H groups in total. The molecule has 0 spiro atoms. The van der Waals surface area contributed by atoms with E-state index in [1.807, 2.05) is 0 Å². The smallest absolute Gasteiger partial charge is 0.389 e. The first-order valence-corrected chi connectivity index (χ1v) is 8.70. The van der Waals surface area contributed by atoms with Crippen molar-refractivity contribution in [3.63, 3.8) is 0 Å². The summed E-state index contributed by atoms with van der Waals surface area (Å²) < 4.78 is 36.5. The Labute approximate surface area is 155 Å². The monoisotopic (exact) mass is 385 g/mol. The summed E-state index contributed by atoms with van der Waals surface area (Å²) in [5.74, 6) is -1.05. The van der Waals surface area contributed by atoms with E-state index in [0.29, 0.717) is 25.8 Å². The topological polar surface area (TPSA) is 77.8 Å². The molecular formula is C19H22F3NO4. The van der Waals surface area contributed by atoms with Crippen molar-refractivity contribution in [2.24, 2.45) is 0 Å². The summed E-state index contributed by atoms with van der Waals surface area (Å²) in [7, 11) is 0. The summed E-state index contributed by atoms with van der Waals surface area (Å²) >= 11 is 0. The van der Waals surface area contributed by atoms with Crippen LogP contribution in [-0.4, -0.2) is 51.9 Å². The van der Waals surface area contributed by atoms with E-state index in [4.69, 9.17) is 5.11 Å². The van der Waals surface area contributed by atoms with E-state index in [2.05, 4.69) is 0 Å². The fraction of sp³-hybridized carbons (Fsp3) is 0.474. The van der Waals surface area contributed by atoms with Gasteiger partial charge in [0.1, 0.15) is 0 Å². The van der Waals surface area contributed by atoms with Crippen LogP contribution in [0.15, 0.2) is 36.4 Å². The lowest BCUT2D eigenvalue weighted by Gasteiger charge is -2.23. The highest BCUT2D eigenvalue weighted by Gasteiger charge is 2.30. The first-order valence-electron chi connectivity index (χ1n) is 8.70. The number of hydrogen-bond acceptors (Lipinski definition) is 3. The third-order valence-corrected chi connectivity index (χ3v) is 4.50. The number of halogens is 3. The second-order valence-electron chi connectivity index (χ2n) is 6.55. The van der Waals surface area contributed by atoms with Gasteiger partial charge in [0.05, 0.1) is 17.7 Å². The number of carboxylic acid groups (broad SMARTS) is 1. The van der Waals surface area contributed by atoms with E-state index < -0.39 is 31.1 Å². The summed E-state index contributed by atoms with van der Waals surface area (Å²) in [5.41, 5.74) is 1.07. The van der Waals surface area contributed by atoms with Crippen LogP contribution in [-0.2, 0) is 11.2 Å². The molecule has 1 aliphatic rings. The first-order chi connectivity index (χ1) is 12.7. The number of amides is 1. The normalized spacial score (nSPS) is 19.0. The third-order valence-electron chi connectivity index (χ3n) is 4.50. The molecule has 148 valence electrons. The number of aliphatic hydroxyl groups is 1. The maximum Gasteiger partial charge on any atom is 0.389 e. The van der Waals surface area contributed by atoms with Gasteiger partial charge in [-0.3, -0.25) is 4.79 Å². The van der Waals surface area contributed by atoms with E-state index in [-0.39, 0.29) is 17.5 Å². The zero-order valence-corrected chi connectivity index (χ0v) is 14.7. The van der Waals surface area contributed by atoms with Gasteiger partial charge in [0.15, 0.2) is 0 Å². The van der Waals surface area contributed by atoms with Gasteiger partial charge in [-0.25, -0.2) is 4.79 Å². The molecule has 5 nitrogen and oxygen atoms in total. The highest BCUT2D eigenvalue weighted by Crippen LogP contribution is 2.24. The molecule has 0 bridgehead atoms. The number of aliphatic hydroxyl groups excluding tert-OH is 1. The van der Waals surface area contributed by atoms with Crippen molar-refractivity contribution in [3.8, 4) is 0 Å². The molecule has 27 heavy (non-hydrogen) atoms. The highest BCUT2D eigenvalue weighted by atomic mass is 19.4. The molecule has 0 radical (unpaired) electrons. The van der Waals surface area contributed by atoms with Crippen LogP contribution in [0.25, 0.3) is 0 Å². The molecule has 1 aromatic rings. The quantitative estimate of drug-likeness (QED) is 0.674. The SMILES string of the molecule is O=C(O)c1ccc(CCN2C(=O)CC[C@@H]2/C=C/[C@@H](O)CCC(F)(F)F)cc1. The predicted octanol–water partition coefficient (Wildman–Crippen LogP) is 3.18. The fourth-order valence-electron chi connectivity index (χ4n) is 2.97. The van der Waals surface area contributed by atoms with Crippen molar-refractivity contribution in [1.82, 2.24) is 4.90 Å². The van der Waals surface area contributed by atoms with Crippen LogP contribution in [0.1, 0.15) is 41.6 Å². The van der Waals surface area contributed by atoms with Crippen molar-refractivity contribution in [2.45, 2.75) is 50.4 Å². The van der Waals surface area contributed by atoms with Gasteiger partial charge in [0.2, 0.25) is 5.91 Å². The summed E-state index contributed by atoms with van der Waals surface area (Å²) in [5, 5.41) is 18.6. The molecule has 2 rings (SSSR count). The zero-order chi connectivity index (χ0) is 20.0. The summed E-state index contributed by atoms with van der Waals surface area (Å²) in [6.07, 6.45) is -2.61. The van der Waals surface area contributed by atoms with Crippen LogP contribution in [0, 0.1) is 0 Å². The van der Waals surface area contributed by atoms with Crippen LogP contribution in [0.3, 0.4) is 0 Å². The van der Waals surface area contributed by atoms with E-state index in [1.165, 1.54) is 18.2 Å². The van der Waals surface area contributed by atoms with Crippen molar-refractivity contribution in [3.05, 3.63) is 47.5 Å². The molecule has 0 unspecified atom stereocenters. The lowest BCUT2D eigenvalue weighted by atomic mass is 10.1. The standard InChI is InChI=1S/C19H22F3NO4/c20-19(21,22)11-9-16(24)7-5-15-6-8-17(25)23(15)12-10-13-1-3-14(4-2-13)18(26)27/h1-5,7,15-16,24H,6,8-12H2,(H,26,27)/b7-5+/t15-,16+/m0/s1. The number of benzene rings is 1. The average molecular weight is 385 g/mol. The maximum absolute atomic E-state index is 12.2. The molecule has 1 heterocycles. The fourth-order valence-corrected chi connectivity index (χ4v) is 2.97. The van der Waals surface area contributed by atoms with Gasteiger partial charge in [0, 0.05) is 19.4 Å². The Morgan fingerprint density at radius 1 is 1.30 bits per heavy atom. The Balaban J connectivity index is 1.89. The molecule has 1 fully saturated rings. The van der Waals surface area contributed by atoms with Gasteiger partial charge < -0.3 is 15.1 Å². The van der Waals surface area contributed by atoms with Gasteiger partial charge in [-0.05, 0) is 37.0 Å². The molecule has 2 atom stereocenters. The second-order valence-corrected chi connectivity index (χ2v) is 6.55. The number of carboxylic acids is 1. The average Bonchev–Trinajstić information content (AvgIpc) is 2.96. The molecule has 0 aromatic heterocycles. The first kappa shape index (κ1) is 21.0. The number of nitrogens with zero attached hydrogens (tertiary/aromatic N) is 1. The Morgan fingerprint density at radius 2 is 1.96 bits per heavy atom. The van der Waals surface area contributed by atoms with Crippen LogP contribution in [0.5, 0.6) is 0 Å². The number of aromatic carboxylic acids is 1. The summed E-state index contributed by atoms with van der Waals surface area (Å²) in [6.45, 7) is 0.416. The van der Waals surface area contributed by atoms with Crippen LogP contribution in [0.2, 0.25) is 0 Å². The highest BCUT2D eigenvalue weighted by molar-refractivity contribution is 5.87. The van der Waals surface area contributed by atoms with Crippen LogP contribution < -0.4 is 0 Å². The van der Waals surface area contributed by atoms with Gasteiger partial charge in [0.25, 0.3) is 0 Å². The Bertz CT molecular complexity index is 685. The molecular weight excluding hydrogens is 363 g/mol. The van der Waals surface area contributed by atoms with E-state index in [1.54, 1.807) is 23.1 Å². The summed E-state index contributed by atoms with van der Waals surface area (Å²) in [6, 6.07) is 6.12. The van der Waals surface area contributed by atoms with Crippen molar-refractivity contribution in [2.75, 3.05) is 6.54 Å². The molecule has 1 amide bonds. The lowest BCUT2D eigenvalue weighted by Crippen LogP contribution is -2.33. The maximum atomic E-state index is 12.2. The van der Waals surface area contributed by atoms with E-state index in [0.717, 1.165) is 5.56 Å². The Hall–Kier alpha value is -2.35. The molecule has 0 saturated carbocycles. The minimum atomic E-state index is -4.31. The van der Waals surface area contributed by atoms with E-state index >= 15 is 0 Å². The second kappa shape index (κ2) is 9.03. The summed E-state index contributed by atoms with van der Waals surface area (Å²) in [4.78, 5) is 24.5. The Morgan fingerprint density at radius 3 is 2.56 bits per heavy atom. The molecule has 1 aliphatic heterocycles. The molecule has 0 aliphatic carbocycles. The number of carbonyl (C=O) groups excluding carboxylic acids is 1. The Kier molecular flexibility index (Phi) is 7.01. The third kappa shape index (κ3) is 6.71. The molecule has 8 heteroatoms. The van der Waals surface area contributed by atoms with Crippen LogP contribution >= 0.6 is 0 Å². The number of rotatable bonds is 8. The predicted molar refractivity (Wildman–Crippen MR) is 92.3 cm³/mol. The van der Waals surface area contributed by atoms with Crippen LogP contribution in [0.4, 0.5) is 13.2 Å². The number of carbonyl (C=O) groups is 2. The van der Waals surface area contributed by atoms with Crippen molar-refractivity contribution >= 4 is 11.9 Å². The number of hydrogen-bond donors (Lipinski definition) is 2. The number of alkyl halides is 3. The van der Waals surface area contributed by atoms with Gasteiger partial charge in [-0.1, -0.05) is 24.3 Å². The zero-order valence-electron chi connectivity index (χ0n) is 14.7. The van der Waals surface area contributed by atoms with Gasteiger partial charge >= 0.3 is 12.1 Å². The van der Waals surface area contributed by atoms with E-state index in [9.17, 15) is 27.9 Å².